The fourth-order valence-corrected chi connectivity index (χ4v) is 2.57. The van der Waals surface area contributed by atoms with Crippen LogP contribution in [0.1, 0.15) is 11.1 Å². The lowest BCUT2D eigenvalue weighted by Crippen LogP contribution is -1.81. The van der Waals surface area contributed by atoms with Crippen molar-refractivity contribution in [2.75, 3.05) is 0 Å². The molecule has 0 aliphatic carbocycles. The molecule has 0 bridgehead atoms. The molecule has 2 aromatic carbocycles. The van der Waals surface area contributed by atoms with Gasteiger partial charge < -0.3 is 5.11 Å². The molecule has 1 aromatic heterocycles. The Bertz CT molecular complexity index is 775. The first kappa shape index (κ1) is 13.5. The molecule has 0 saturated carbocycles. The number of thiazole rings is 1. The zero-order valence-electron chi connectivity index (χ0n) is 11.5. The van der Waals surface area contributed by atoms with Crippen molar-refractivity contribution in [3.05, 3.63) is 65.0 Å². The van der Waals surface area contributed by atoms with Crippen molar-refractivity contribution in [1.82, 2.24) is 4.98 Å². The maximum Gasteiger partial charge on any atom is 0.209 e. The maximum atomic E-state index is 9.69. The number of hydrogen-bond donors (Lipinski definition) is 1. The van der Waals surface area contributed by atoms with Crippen LogP contribution >= 0.6 is 11.3 Å². The average Bonchev–Trinajstić information content (AvgIpc) is 2.96. The van der Waals surface area contributed by atoms with Gasteiger partial charge in [0.15, 0.2) is 0 Å². The van der Waals surface area contributed by atoms with Gasteiger partial charge in [0.1, 0.15) is 5.75 Å². The summed E-state index contributed by atoms with van der Waals surface area (Å²) in [6.07, 6.45) is 1.63. The van der Waals surface area contributed by atoms with E-state index in [9.17, 15) is 5.11 Å². The molecule has 0 unspecified atom stereocenters. The highest BCUT2D eigenvalue weighted by molar-refractivity contribution is 7.13. The molecule has 3 rings (SSSR count). The van der Waals surface area contributed by atoms with Crippen LogP contribution in [-0.2, 0) is 0 Å². The molecule has 0 aliphatic heterocycles. The van der Waals surface area contributed by atoms with E-state index in [2.05, 4.69) is 41.2 Å². The Morgan fingerprint density at radius 1 is 1.10 bits per heavy atom. The molecule has 1 heterocycles. The monoisotopic (exact) mass is 294 g/mol. The standard InChI is InChI=1S/C17H14N2OS/c1-12-6-8-13(9-7-12)15-11-21-17(19-15)18-10-14-4-2-3-5-16(14)20/h2-11,20H,1H3. The first-order chi connectivity index (χ1) is 10.2. The van der Waals surface area contributed by atoms with E-state index >= 15 is 0 Å². The highest BCUT2D eigenvalue weighted by Gasteiger charge is 2.03. The zero-order valence-corrected chi connectivity index (χ0v) is 12.3. The molecule has 3 nitrogen and oxygen atoms in total. The SMILES string of the molecule is Cc1ccc(-c2csc(N=Cc3ccccc3O)n2)cc1. The summed E-state index contributed by atoms with van der Waals surface area (Å²) >= 11 is 1.48. The molecule has 4 heteroatoms. The Morgan fingerprint density at radius 3 is 2.62 bits per heavy atom. The molecule has 3 aromatic rings. The summed E-state index contributed by atoms with van der Waals surface area (Å²) < 4.78 is 0. The van der Waals surface area contributed by atoms with Gasteiger partial charge in [-0.1, -0.05) is 42.0 Å². The fraction of sp³-hybridized carbons (Fsp3) is 0.0588. The molecular formula is C17H14N2OS. The molecule has 1 N–H and O–H groups in total. The van der Waals surface area contributed by atoms with Crippen LogP contribution in [0, 0.1) is 6.92 Å². The fourth-order valence-electron chi connectivity index (χ4n) is 1.90. The third-order valence-electron chi connectivity index (χ3n) is 3.09. The Labute approximate surface area is 127 Å². The van der Waals surface area contributed by atoms with Gasteiger partial charge in [0, 0.05) is 22.7 Å². The van der Waals surface area contributed by atoms with Gasteiger partial charge in [-0.3, -0.25) is 0 Å². The third kappa shape index (κ3) is 3.17. The van der Waals surface area contributed by atoms with Crippen LogP contribution in [-0.4, -0.2) is 16.3 Å². The van der Waals surface area contributed by atoms with Crippen molar-refractivity contribution in [3.63, 3.8) is 0 Å². The zero-order chi connectivity index (χ0) is 14.7. The van der Waals surface area contributed by atoms with E-state index in [1.165, 1.54) is 16.9 Å². The number of rotatable bonds is 3. The van der Waals surface area contributed by atoms with E-state index in [4.69, 9.17) is 0 Å². The van der Waals surface area contributed by atoms with Crippen molar-refractivity contribution >= 4 is 22.7 Å². The summed E-state index contributed by atoms with van der Waals surface area (Å²) in [6, 6.07) is 15.3. The maximum absolute atomic E-state index is 9.69. The largest absolute Gasteiger partial charge is 0.507 e. The van der Waals surface area contributed by atoms with Gasteiger partial charge in [-0.15, -0.1) is 11.3 Å². The quantitative estimate of drug-likeness (QED) is 0.719. The third-order valence-corrected chi connectivity index (χ3v) is 3.84. The highest BCUT2D eigenvalue weighted by Crippen LogP contribution is 2.27. The molecule has 104 valence electrons. The average molecular weight is 294 g/mol. The molecule has 0 spiro atoms. The van der Waals surface area contributed by atoms with Gasteiger partial charge in [-0.2, -0.15) is 0 Å². The predicted molar refractivity (Wildman–Crippen MR) is 87.6 cm³/mol. The topological polar surface area (TPSA) is 45.5 Å². The number of aromatic hydroxyl groups is 1. The summed E-state index contributed by atoms with van der Waals surface area (Å²) in [5.74, 6) is 0.219. The van der Waals surface area contributed by atoms with E-state index in [0.717, 1.165) is 11.3 Å². The Hall–Kier alpha value is -2.46. The first-order valence-electron chi connectivity index (χ1n) is 6.57. The second-order valence-corrected chi connectivity index (χ2v) is 5.53. The molecule has 0 aliphatic rings. The summed E-state index contributed by atoms with van der Waals surface area (Å²) in [7, 11) is 0. The second-order valence-electron chi connectivity index (χ2n) is 4.70. The van der Waals surface area contributed by atoms with Crippen molar-refractivity contribution in [2.45, 2.75) is 6.92 Å². The molecule has 0 atom stereocenters. The highest BCUT2D eigenvalue weighted by atomic mass is 32.1. The predicted octanol–water partition coefficient (Wildman–Crippen LogP) is 4.57. The van der Waals surface area contributed by atoms with Crippen LogP contribution in [0.2, 0.25) is 0 Å². The van der Waals surface area contributed by atoms with E-state index in [1.54, 1.807) is 18.3 Å². The van der Waals surface area contributed by atoms with Gasteiger partial charge in [0.2, 0.25) is 5.13 Å². The van der Waals surface area contributed by atoms with Gasteiger partial charge in [-0.05, 0) is 19.1 Å². The number of phenols is 1. The number of aliphatic imine (C=N–C) groups is 1. The van der Waals surface area contributed by atoms with Crippen molar-refractivity contribution < 1.29 is 5.11 Å². The summed E-state index contributed by atoms with van der Waals surface area (Å²) in [4.78, 5) is 8.82. The number of benzene rings is 2. The smallest absolute Gasteiger partial charge is 0.209 e. The van der Waals surface area contributed by atoms with Crippen molar-refractivity contribution in [1.29, 1.82) is 0 Å². The molecular weight excluding hydrogens is 280 g/mol. The summed E-state index contributed by atoms with van der Waals surface area (Å²) in [5.41, 5.74) is 3.92. The lowest BCUT2D eigenvalue weighted by Gasteiger charge is -1.97. The molecule has 0 radical (unpaired) electrons. The van der Waals surface area contributed by atoms with E-state index in [0.29, 0.717) is 10.7 Å². The second kappa shape index (κ2) is 5.89. The lowest BCUT2D eigenvalue weighted by atomic mass is 10.1. The van der Waals surface area contributed by atoms with Crippen LogP contribution in [0.3, 0.4) is 0 Å². The molecule has 0 fully saturated rings. The number of aromatic nitrogens is 1. The normalized spacial score (nSPS) is 11.1. The lowest BCUT2D eigenvalue weighted by molar-refractivity contribution is 0.474. The number of aryl methyl sites for hydroxylation is 1. The molecule has 21 heavy (non-hydrogen) atoms. The number of para-hydroxylation sites is 1. The van der Waals surface area contributed by atoms with Crippen LogP contribution in [0.4, 0.5) is 5.13 Å². The molecule has 0 saturated heterocycles. The van der Waals surface area contributed by atoms with Crippen LogP contribution in [0.5, 0.6) is 5.75 Å². The van der Waals surface area contributed by atoms with Crippen molar-refractivity contribution in [2.24, 2.45) is 4.99 Å². The first-order valence-corrected chi connectivity index (χ1v) is 7.45. The number of hydrogen-bond acceptors (Lipinski definition) is 4. The minimum absolute atomic E-state index is 0.219. The van der Waals surface area contributed by atoms with E-state index in [1.807, 2.05) is 17.5 Å². The summed E-state index contributed by atoms with van der Waals surface area (Å²) in [5, 5.41) is 12.4. The van der Waals surface area contributed by atoms with Crippen LogP contribution < -0.4 is 0 Å². The van der Waals surface area contributed by atoms with Crippen LogP contribution in [0.25, 0.3) is 11.3 Å². The Morgan fingerprint density at radius 2 is 1.86 bits per heavy atom. The minimum atomic E-state index is 0.219. The molecule has 0 amide bonds. The van der Waals surface area contributed by atoms with Crippen LogP contribution in [0.15, 0.2) is 58.9 Å². The van der Waals surface area contributed by atoms with Gasteiger partial charge in [0.25, 0.3) is 0 Å². The van der Waals surface area contributed by atoms with Gasteiger partial charge in [0.05, 0.1) is 5.69 Å². The number of phenolic OH excluding ortho intramolecular Hbond substituents is 1. The van der Waals surface area contributed by atoms with E-state index in [-0.39, 0.29) is 5.75 Å². The van der Waals surface area contributed by atoms with Crippen molar-refractivity contribution in [3.8, 4) is 17.0 Å². The van der Waals surface area contributed by atoms with Gasteiger partial charge >= 0.3 is 0 Å². The van der Waals surface area contributed by atoms with E-state index < -0.39 is 0 Å². The minimum Gasteiger partial charge on any atom is -0.507 e. The number of nitrogens with zero attached hydrogens (tertiary/aromatic N) is 2. The Balaban J connectivity index is 1.82. The summed E-state index contributed by atoms with van der Waals surface area (Å²) in [6.45, 7) is 2.06. The van der Waals surface area contributed by atoms with Gasteiger partial charge in [-0.25, -0.2) is 9.98 Å². The Kier molecular flexibility index (Phi) is 3.79.